The Bertz CT molecular complexity index is 1100. The zero-order valence-corrected chi connectivity index (χ0v) is 17.0. The molecule has 0 radical (unpaired) electrons. The molecule has 1 amide bonds. The van der Waals surface area contributed by atoms with E-state index in [0.717, 1.165) is 18.2 Å². The molecule has 3 rings (SSSR count). The number of benzene rings is 2. The van der Waals surface area contributed by atoms with E-state index in [1.165, 1.54) is 6.07 Å². The Morgan fingerprint density at radius 3 is 2.43 bits per heavy atom. The number of ether oxygens (including phenoxy) is 2. The Morgan fingerprint density at radius 2 is 1.87 bits per heavy atom. The van der Waals surface area contributed by atoms with Gasteiger partial charge in [-0.15, -0.1) is 0 Å². The number of fused-ring (bicyclic) bond motifs is 1. The van der Waals surface area contributed by atoms with Crippen LogP contribution in [0.5, 0.6) is 11.5 Å². The Morgan fingerprint density at radius 1 is 1.20 bits per heavy atom. The van der Waals surface area contributed by atoms with Crippen molar-refractivity contribution in [3.05, 3.63) is 51.7 Å². The number of aliphatic hydroxyl groups is 1. The van der Waals surface area contributed by atoms with E-state index in [9.17, 15) is 35.9 Å². The van der Waals surface area contributed by atoms with E-state index >= 15 is 0 Å². The molecular weight excluding hydrogens is 502 g/mol. The third-order valence-electron chi connectivity index (χ3n) is 4.22. The van der Waals surface area contributed by atoms with Crippen LogP contribution in [0.1, 0.15) is 29.8 Å². The van der Waals surface area contributed by atoms with Gasteiger partial charge in [0.25, 0.3) is 9.84 Å². The van der Waals surface area contributed by atoms with Gasteiger partial charge in [0.1, 0.15) is 23.4 Å². The summed E-state index contributed by atoms with van der Waals surface area (Å²) in [6.07, 6.45) is -4.86. The average molecular weight is 514 g/mol. The summed E-state index contributed by atoms with van der Waals surface area (Å²) < 4.78 is 87.5. The van der Waals surface area contributed by atoms with Crippen molar-refractivity contribution in [1.82, 2.24) is 0 Å². The molecule has 13 heteroatoms. The number of hydrogen-bond donors (Lipinski definition) is 2. The lowest BCUT2D eigenvalue weighted by Crippen LogP contribution is -2.25. The van der Waals surface area contributed by atoms with Gasteiger partial charge in [0.05, 0.1) is 11.0 Å². The smallest absolute Gasteiger partial charge is 0.457 e. The number of aliphatic hydroxyl groups excluding tert-OH is 1. The summed E-state index contributed by atoms with van der Waals surface area (Å²) in [6, 6.07) is 4.93. The second-order valence-corrected chi connectivity index (χ2v) is 9.05. The second-order valence-electron chi connectivity index (χ2n) is 6.22. The first-order valence-electron chi connectivity index (χ1n) is 8.07. The van der Waals surface area contributed by atoms with Crippen molar-refractivity contribution in [1.29, 1.82) is 0 Å². The third-order valence-corrected chi connectivity index (χ3v) is 6.22. The molecule has 7 nitrogen and oxygen atoms in total. The Kier molecular flexibility index (Phi) is 5.73. The Balaban J connectivity index is 2.21. The molecule has 2 aromatic carbocycles. The lowest BCUT2D eigenvalue weighted by atomic mass is 10.1. The highest BCUT2D eigenvalue weighted by atomic mass is 79.9. The Labute approximate surface area is 175 Å². The van der Waals surface area contributed by atoms with E-state index in [2.05, 4.69) is 15.9 Å². The first kappa shape index (κ1) is 22.3. The van der Waals surface area contributed by atoms with Crippen molar-refractivity contribution in [2.24, 2.45) is 5.73 Å². The van der Waals surface area contributed by atoms with Gasteiger partial charge in [-0.2, -0.15) is 13.2 Å². The molecule has 1 aliphatic carbocycles. The summed E-state index contributed by atoms with van der Waals surface area (Å²) in [7, 11) is -5.84. The summed E-state index contributed by atoms with van der Waals surface area (Å²) in [5.41, 5.74) is -1.61. The van der Waals surface area contributed by atoms with Crippen LogP contribution in [0, 0.1) is 5.82 Å². The lowest BCUT2D eigenvalue weighted by molar-refractivity contribution is -0.0437. The summed E-state index contributed by atoms with van der Waals surface area (Å²) >= 11 is 3.05. The zero-order chi connectivity index (χ0) is 22.4. The topological polar surface area (TPSA) is 116 Å². The molecule has 0 aromatic heterocycles. The molecule has 0 fully saturated rings. The highest BCUT2D eigenvalue weighted by molar-refractivity contribution is 9.10. The highest BCUT2D eigenvalue weighted by Gasteiger charge is 2.51. The van der Waals surface area contributed by atoms with Gasteiger partial charge < -0.3 is 20.3 Å². The summed E-state index contributed by atoms with van der Waals surface area (Å²) in [5.74, 6) is -1.03. The molecule has 0 aliphatic heterocycles. The van der Waals surface area contributed by atoms with Crippen molar-refractivity contribution in [2.45, 2.75) is 29.0 Å². The van der Waals surface area contributed by atoms with Crippen molar-refractivity contribution in [3.63, 3.8) is 0 Å². The van der Waals surface area contributed by atoms with E-state index in [1.807, 2.05) is 0 Å². The highest BCUT2D eigenvalue weighted by Crippen LogP contribution is 2.50. The molecule has 2 atom stereocenters. The van der Waals surface area contributed by atoms with Gasteiger partial charge >= 0.3 is 11.6 Å². The molecule has 3 N–H and O–H groups in total. The molecule has 0 saturated heterocycles. The van der Waals surface area contributed by atoms with E-state index in [1.54, 1.807) is 0 Å². The van der Waals surface area contributed by atoms with Crippen LogP contribution >= 0.6 is 15.9 Å². The Hall–Kier alpha value is -2.38. The molecule has 1 aliphatic rings. The maximum atomic E-state index is 13.6. The number of alkyl halides is 3. The molecular formula is C17H12BrF4NO6S. The number of nitrogens with two attached hydrogens (primary N) is 1. The minimum absolute atomic E-state index is 0.0882. The first-order valence-corrected chi connectivity index (χ1v) is 10.3. The monoisotopic (exact) mass is 513 g/mol. The molecule has 0 unspecified atom stereocenters. The predicted octanol–water partition coefficient (Wildman–Crippen LogP) is 4.25. The minimum atomic E-state index is -5.84. The van der Waals surface area contributed by atoms with E-state index in [0.29, 0.717) is 6.07 Å². The number of hydrogen-bond acceptors (Lipinski definition) is 6. The summed E-state index contributed by atoms with van der Waals surface area (Å²) in [5, 5.41) is 10.3. The minimum Gasteiger partial charge on any atom is -0.457 e. The largest absolute Gasteiger partial charge is 0.501 e. The van der Waals surface area contributed by atoms with Crippen LogP contribution in [0.25, 0.3) is 0 Å². The molecule has 0 bridgehead atoms. The zero-order valence-electron chi connectivity index (χ0n) is 14.6. The fourth-order valence-corrected chi connectivity index (χ4v) is 4.60. The standard InChI is InChI=1S/C17H12BrF4NO6S/c18-7-3-8(19)5-9(4-7)28-11-1-2-13(30(26,27)17(20,21)22)14-10(24)6-12(15(11)14)29-16(23)25/h1-5,10,12,24H,6H2,(H2,23,25)/t10-,12+/m0/s1. The van der Waals surface area contributed by atoms with Crippen molar-refractivity contribution in [3.8, 4) is 11.5 Å². The van der Waals surface area contributed by atoms with Crippen LogP contribution in [0.3, 0.4) is 0 Å². The molecule has 0 heterocycles. The number of amides is 1. The first-order chi connectivity index (χ1) is 13.8. The van der Waals surface area contributed by atoms with Crippen LogP contribution in [0.2, 0.25) is 0 Å². The lowest BCUT2D eigenvalue weighted by Gasteiger charge is -2.19. The SMILES string of the molecule is NC(=O)O[C@@H]1C[C@H](O)c2c(S(=O)(=O)C(F)(F)F)ccc(Oc3cc(F)cc(Br)c3)c21. The average Bonchev–Trinajstić information content (AvgIpc) is 2.89. The second kappa shape index (κ2) is 7.71. The van der Waals surface area contributed by atoms with E-state index in [4.69, 9.17) is 15.2 Å². The van der Waals surface area contributed by atoms with E-state index < -0.39 is 56.3 Å². The summed E-state index contributed by atoms with van der Waals surface area (Å²) in [4.78, 5) is 9.99. The van der Waals surface area contributed by atoms with Crippen LogP contribution in [-0.2, 0) is 14.6 Å². The quantitative estimate of drug-likeness (QED) is 0.590. The van der Waals surface area contributed by atoms with Gasteiger partial charge in [-0.05, 0) is 24.3 Å². The fourth-order valence-electron chi connectivity index (χ4n) is 3.12. The number of carbonyl (C=O) groups is 1. The van der Waals surface area contributed by atoms with Crippen LogP contribution in [0.4, 0.5) is 22.4 Å². The molecule has 0 spiro atoms. The molecule has 2 aromatic rings. The van der Waals surface area contributed by atoms with Gasteiger partial charge in [-0.1, -0.05) is 15.9 Å². The number of primary amides is 1. The normalized spacial score (nSPS) is 18.7. The predicted molar refractivity (Wildman–Crippen MR) is 96.8 cm³/mol. The number of sulfone groups is 1. The number of carbonyl (C=O) groups excluding carboxylic acids is 1. The van der Waals surface area contributed by atoms with Gasteiger partial charge in [0, 0.05) is 28.1 Å². The van der Waals surface area contributed by atoms with Gasteiger partial charge in [0.2, 0.25) is 0 Å². The maximum absolute atomic E-state index is 13.6. The van der Waals surface area contributed by atoms with Crippen molar-refractivity contribution >= 4 is 31.9 Å². The molecule has 30 heavy (non-hydrogen) atoms. The molecule has 0 saturated carbocycles. The number of halogens is 5. The number of rotatable bonds is 4. The van der Waals surface area contributed by atoms with Crippen LogP contribution in [-0.4, -0.2) is 25.1 Å². The van der Waals surface area contributed by atoms with Gasteiger partial charge in [-0.3, -0.25) is 0 Å². The van der Waals surface area contributed by atoms with Gasteiger partial charge in [-0.25, -0.2) is 17.6 Å². The van der Waals surface area contributed by atoms with Crippen LogP contribution in [0.15, 0.2) is 39.7 Å². The van der Waals surface area contributed by atoms with Crippen molar-refractivity contribution < 1.29 is 45.4 Å². The molecule has 162 valence electrons. The van der Waals surface area contributed by atoms with Gasteiger partial charge in [0.15, 0.2) is 0 Å². The van der Waals surface area contributed by atoms with E-state index in [-0.39, 0.29) is 21.5 Å². The summed E-state index contributed by atoms with van der Waals surface area (Å²) in [6.45, 7) is 0. The van der Waals surface area contributed by atoms with Crippen molar-refractivity contribution in [2.75, 3.05) is 0 Å². The third kappa shape index (κ3) is 4.09. The maximum Gasteiger partial charge on any atom is 0.501 e. The van der Waals surface area contributed by atoms with Crippen LogP contribution < -0.4 is 10.5 Å². The fraction of sp³-hybridized carbons (Fsp3) is 0.235.